The fourth-order valence-corrected chi connectivity index (χ4v) is 3.68. The van der Waals surface area contributed by atoms with Crippen molar-refractivity contribution in [3.8, 4) is 0 Å². The Balaban J connectivity index is 1.53. The van der Waals surface area contributed by atoms with Gasteiger partial charge in [-0.05, 0) is 18.2 Å². The van der Waals surface area contributed by atoms with Gasteiger partial charge in [0.05, 0.1) is 23.6 Å². The highest BCUT2D eigenvalue weighted by Gasteiger charge is 2.35. The van der Waals surface area contributed by atoms with Crippen LogP contribution in [-0.4, -0.2) is 44.0 Å². The van der Waals surface area contributed by atoms with E-state index in [0.717, 1.165) is 5.56 Å². The summed E-state index contributed by atoms with van der Waals surface area (Å²) in [7, 11) is -1.94. The van der Waals surface area contributed by atoms with Crippen LogP contribution < -0.4 is 14.9 Å². The molecule has 144 valence electrons. The van der Waals surface area contributed by atoms with Crippen molar-refractivity contribution in [2.45, 2.75) is 18.7 Å². The average molecular weight is 391 g/mol. The number of benzene rings is 1. The molecule has 2 amide bonds. The highest BCUT2D eigenvalue weighted by atomic mass is 32.2. The average Bonchev–Trinajstić information content (AvgIpc) is 3.30. The van der Waals surface area contributed by atoms with E-state index in [2.05, 4.69) is 20.2 Å². The van der Waals surface area contributed by atoms with E-state index in [-0.39, 0.29) is 24.0 Å². The summed E-state index contributed by atoms with van der Waals surface area (Å²) < 4.78 is 25.4. The normalized spacial score (nSPS) is 17.3. The van der Waals surface area contributed by atoms with E-state index in [1.54, 1.807) is 41.6 Å². The van der Waals surface area contributed by atoms with Crippen LogP contribution in [0.15, 0.2) is 36.7 Å². The van der Waals surface area contributed by atoms with Gasteiger partial charge in [-0.1, -0.05) is 24.3 Å². The third-order valence-corrected chi connectivity index (χ3v) is 5.78. The maximum atomic E-state index is 12.4. The highest BCUT2D eigenvalue weighted by molar-refractivity contribution is 7.88. The maximum absolute atomic E-state index is 12.4. The van der Waals surface area contributed by atoms with Gasteiger partial charge < -0.3 is 10.2 Å². The van der Waals surface area contributed by atoms with E-state index in [1.807, 2.05) is 0 Å². The van der Waals surface area contributed by atoms with Crippen LogP contribution in [0.3, 0.4) is 0 Å². The number of nitrogens with one attached hydrogen (secondary N) is 3. The number of hydrogen-bond donors (Lipinski definition) is 3. The molecule has 3 rings (SSSR count). The first-order valence-corrected chi connectivity index (χ1v) is 10.1. The number of hydrogen-bond acceptors (Lipinski definition) is 5. The molecule has 2 aromatic rings. The molecule has 1 fully saturated rings. The Bertz CT molecular complexity index is 909. The molecule has 10 heteroatoms. The molecule has 0 spiro atoms. The fourth-order valence-electron chi connectivity index (χ4n) is 2.90. The fraction of sp³-hybridized carbons (Fsp3) is 0.353. The second kappa shape index (κ2) is 7.89. The Hall–Kier alpha value is -2.72. The van der Waals surface area contributed by atoms with Gasteiger partial charge in [-0.15, -0.1) is 0 Å². The number of rotatable bonds is 7. The molecule has 0 aliphatic carbocycles. The van der Waals surface area contributed by atoms with Crippen molar-refractivity contribution < 1.29 is 18.0 Å². The SMILES string of the molecule is CNS(=O)(=O)Cc1ccc(CNC(=O)[C@@H]2CC(=O)N(c3cn[nH]c3)C2)cc1. The van der Waals surface area contributed by atoms with Gasteiger partial charge in [0.2, 0.25) is 21.8 Å². The molecule has 0 radical (unpaired) electrons. The Morgan fingerprint density at radius 1 is 1.30 bits per heavy atom. The van der Waals surface area contributed by atoms with Crippen LogP contribution in [0.1, 0.15) is 17.5 Å². The molecule has 27 heavy (non-hydrogen) atoms. The number of aromatic nitrogens is 2. The molecule has 1 saturated heterocycles. The van der Waals surface area contributed by atoms with E-state index < -0.39 is 15.9 Å². The molecule has 1 aromatic carbocycles. The number of amides is 2. The van der Waals surface area contributed by atoms with Gasteiger partial charge in [-0.2, -0.15) is 5.10 Å². The number of carbonyl (C=O) groups excluding carboxylic acids is 2. The van der Waals surface area contributed by atoms with Gasteiger partial charge >= 0.3 is 0 Å². The molecule has 1 atom stereocenters. The van der Waals surface area contributed by atoms with Crippen LogP contribution in [0.5, 0.6) is 0 Å². The molecular weight excluding hydrogens is 370 g/mol. The van der Waals surface area contributed by atoms with Gasteiger partial charge in [0.15, 0.2) is 0 Å². The largest absolute Gasteiger partial charge is 0.352 e. The van der Waals surface area contributed by atoms with Crippen molar-refractivity contribution in [3.05, 3.63) is 47.8 Å². The second-order valence-corrected chi connectivity index (χ2v) is 8.29. The van der Waals surface area contributed by atoms with Gasteiger partial charge in [-0.25, -0.2) is 13.1 Å². The van der Waals surface area contributed by atoms with E-state index in [1.165, 1.54) is 7.05 Å². The lowest BCUT2D eigenvalue weighted by Crippen LogP contribution is -2.32. The summed E-state index contributed by atoms with van der Waals surface area (Å²) in [5.41, 5.74) is 2.17. The first-order chi connectivity index (χ1) is 12.9. The number of sulfonamides is 1. The maximum Gasteiger partial charge on any atom is 0.227 e. The predicted octanol–water partition coefficient (Wildman–Crippen LogP) is 0.128. The van der Waals surface area contributed by atoms with Crippen molar-refractivity contribution in [2.24, 2.45) is 5.92 Å². The molecule has 2 heterocycles. The smallest absolute Gasteiger partial charge is 0.227 e. The summed E-state index contributed by atoms with van der Waals surface area (Å²) in [6, 6.07) is 6.99. The summed E-state index contributed by atoms with van der Waals surface area (Å²) in [6.45, 7) is 0.638. The topological polar surface area (TPSA) is 124 Å². The zero-order chi connectivity index (χ0) is 19.4. The zero-order valence-corrected chi connectivity index (χ0v) is 15.6. The molecular formula is C17H21N5O4S. The summed E-state index contributed by atoms with van der Waals surface area (Å²) in [5.74, 6) is -0.792. The summed E-state index contributed by atoms with van der Waals surface area (Å²) in [4.78, 5) is 26.0. The van der Waals surface area contributed by atoms with Crippen LogP contribution in [-0.2, 0) is 31.9 Å². The second-order valence-electron chi connectivity index (χ2n) is 6.36. The quantitative estimate of drug-likeness (QED) is 0.619. The molecule has 0 bridgehead atoms. The molecule has 1 aromatic heterocycles. The standard InChI is InChI=1S/C17H21N5O4S/c1-18-27(25,26)11-13-4-2-12(3-5-13)7-19-17(24)14-6-16(23)22(10-14)15-8-20-21-9-15/h2-5,8-9,14,18H,6-7,10-11H2,1H3,(H,19,24)(H,20,21)/t14-/m1/s1. The van der Waals surface area contributed by atoms with Crippen molar-refractivity contribution in [2.75, 3.05) is 18.5 Å². The molecule has 0 saturated carbocycles. The predicted molar refractivity (Wildman–Crippen MR) is 99.0 cm³/mol. The zero-order valence-electron chi connectivity index (χ0n) is 14.8. The van der Waals surface area contributed by atoms with Crippen LogP contribution in [0.4, 0.5) is 5.69 Å². The summed E-state index contributed by atoms with van der Waals surface area (Å²) in [5, 5.41) is 9.31. The number of carbonyl (C=O) groups is 2. The highest BCUT2D eigenvalue weighted by Crippen LogP contribution is 2.24. The van der Waals surface area contributed by atoms with Gasteiger partial charge in [-0.3, -0.25) is 14.7 Å². The summed E-state index contributed by atoms with van der Waals surface area (Å²) in [6.07, 6.45) is 3.33. The lowest BCUT2D eigenvalue weighted by atomic mass is 10.1. The Kier molecular flexibility index (Phi) is 5.57. The Labute approximate surface area is 157 Å². The van der Waals surface area contributed by atoms with Gasteiger partial charge in [0.1, 0.15) is 0 Å². The molecule has 1 aliphatic rings. The van der Waals surface area contributed by atoms with Crippen LogP contribution in [0.25, 0.3) is 0 Å². The van der Waals surface area contributed by atoms with Crippen molar-refractivity contribution in [1.82, 2.24) is 20.2 Å². The monoisotopic (exact) mass is 391 g/mol. The first-order valence-electron chi connectivity index (χ1n) is 8.44. The molecule has 1 aliphatic heterocycles. The Morgan fingerprint density at radius 3 is 2.63 bits per heavy atom. The molecule has 3 N–H and O–H groups in total. The number of aromatic amines is 1. The van der Waals surface area contributed by atoms with Crippen LogP contribution in [0.2, 0.25) is 0 Å². The lowest BCUT2D eigenvalue weighted by molar-refractivity contribution is -0.126. The van der Waals surface area contributed by atoms with Crippen molar-refractivity contribution >= 4 is 27.5 Å². The third kappa shape index (κ3) is 4.72. The van der Waals surface area contributed by atoms with Crippen LogP contribution >= 0.6 is 0 Å². The number of anilines is 1. The number of nitrogens with zero attached hydrogens (tertiary/aromatic N) is 2. The van der Waals surface area contributed by atoms with E-state index in [9.17, 15) is 18.0 Å². The minimum Gasteiger partial charge on any atom is -0.352 e. The minimum atomic E-state index is -3.31. The van der Waals surface area contributed by atoms with E-state index >= 15 is 0 Å². The van der Waals surface area contributed by atoms with Crippen LogP contribution in [0, 0.1) is 5.92 Å². The number of H-pyrrole nitrogens is 1. The van der Waals surface area contributed by atoms with E-state index in [0.29, 0.717) is 24.3 Å². The first kappa shape index (κ1) is 19.1. The van der Waals surface area contributed by atoms with Gasteiger partial charge in [0, 0.05) is 25.7 Å². The van der Waals surface area contributed by atoms with Gasteiger partial charge in [0.25, 0.3) is 0 Å². The van der Waals surface area contributed by atoms with Crippen molar-refractivity contribution in [1.29, 1.82) is 0 Å². The summed E-state index contributed by atoms with van der Waals surface area (Å²) >= 11 is 0. The third-order valence-electron chi connectivity index (χ3n) is 4.45. The van der Waals surface area contributed by atoms with E-state index in [4.69, 9.17) is 0 Å². The minimum absolute atomic E-state index is 0.0931. The van der Waals surface area contributed by atoms with Crippen molar-refractivity contribution in [3.63, 3.8) is 0 Å². The molecule has 0 unspecified atom stereocenters. The lowest BCUT2D eigenvalue weighted by Gasteiger charge is -2.14. The molecule has 9 nitrogen and oxygen atoms in total. The Morgan fingerprint density at radius 2 is 2.00 bits per heavy atom.